The normalized spacial score (nSPS) is 17.8. The van der Waals surface area contributed by atoms with Gasteiger partial charge in [0.25, 0.3) is 0 Å². The molecule has 0 atom stereocenters. The molecule has 0 radical (unpaired) electrons. The summed E-state index contributed by atoms with van der Waals surface area (Å²) >= 11 is 0. The SMILES string of the molecule is Cn1cc(C2CCNCC2)c2cc(C(F)(F)F)cnc21. The lowest BCUT2D eigenvalue weighted by Gasteiger charge is -2.22. The summed E-state index contributed by atoms with van der Waals surface area (Å²) in [7, 11) is 1.83. The van der Waals surface area contributed by atoms with Crippen LogP contribution in [-0.2, 0) is 13.2 Å². The smallest absolute Gasteiger partial charge is 0.335 e. The van der Waals surface area contributed by atoms with Crippen molar-refractivity contribution >= 4 is 11.0 Å². The topological polar surface area (TPSA) is 29.9 Å². The van der Waals surface area contributed by atoms with Crippen molar-refractivity contribution in [2.75, 3.05) is 13.1 Å². The first kappa shape index (κ1) is 13.4. The predicted octanol–water partition coefficient (Wildman–Crippen LogP) is 3.06. The third-order valence-electron chi connectivity index (χ3n) is 3.95. The summed E-state index contributed by atoms with van der Waals surface area (Å²) in [6, 6.07) is 1.24. The number of piperidine rings is 1. The van der Waals surface area contributed by atoms with Gasteiger partial charge < -0.3 is 9.88 Å². The highest BCUT2D eigenvalue weighted by Gasteiger charge is 2.32. The van der Waals surface area contributed by atoms with Crippen molar-refractivity contribution in [3.8, 4) is 0 Å². The van der Waals surface area contributed by atoms with Gasteiger partial charge in [0.2, 0.25) is 0 Å². The quantitative estimate of drug-likeness (QED) is 0.871. The molecule has 1 aliphatic heterocycles. The van der Waals surface area contributed by atoms with E-state index in [2.05, 4.69) is 10.3 Å². The summed E-state index contributed by atoms with van der Waals surface area (Å²) in [5.74, 6) is 0.310. The van der Waals surface area contributed by atoms with Crippen LogP contribution in [0.5, 0.6) is 0 Å². The van der Waals surface area contributed by atoms with E-state index < -0.39 is 11.7 Å². The van der Waals surface area contributed by atoms with Crippen LogP contribution < -0.4 is 5.32 Å². The number of hydrogen-bond acceptors (Lipinski definition) is 2. The molecule has 0 bridgehead atoms. The third kappa shape index (κ3) is 2.28. The van der Waals surface area contributed by atoms with E-state index in [0.717, 1.165) is 37.7 Å². The van der Waals surface area contributed by atoms with Gasteiger partial charge in [-0.1, -0.05) is 0 Å². The van der Waals surface area contributed by atoms with Crippen molar-refractivity contribution in [1.29, 1.82) is 0 Å². The minimum atomic E-state index is -4.34. The molecule has 1 aliphatic rings. The monoisotopic (exact) mass is 283 g/mol. The molecular weight excluding hydrogens is 267 g/mol. The number of nitrogens with one attached hydrogen (secondary N) is 1. The van der Waals surface area contributed by atoms with Crippen LogP contribution in [0.2, 0.25) is 0 Å². The van der Waals surface area contributed by atoms with Gasteiger partial charge in [-0.15, -0.1) is 0 Å². The Morgan fingerprint density at radius 3 is 2.65 bits per heavy atom. The molecule has 3 nitrogen and oxygen atoms in total. The average Bonchev–Trinajstić information content (AvgIpc) is 2.76. The van der Waals surface area contributed by atoms with Gasteiger partial charge in [0, 0.05) is 24.8 Å². The molecule has 20 heavy (non-hydrogen) atoms. The van der Waals surface area contributed by atoms with Gasteiger partial charge >= 0.3 is 6.18 Å². The standard InChI is InChI=1S/C14H16F3N3/c1-20-8-12(9-2-4-18-5-3-9)11-6-10(14(15,16)17)7-19-13(11)20/h6-9,18H,2-5H2,1H3. The van der Waals surface area contributed by atoms with E-state index in [1.54, 1.807) is 0 Å². The second-order valence-electron chi connectivity index (χ2n) is 5.31. The number of rotatable bonds is 1. The zero-order valence-corrected chi connectivity index (χ0v) is 11.2. The highest BCUT2D eigenvalue weighted by atomic mass is 19.4. The van der Waals surface area contributed by atoms with Crippen LogP contribution in [0.15, 0.2) is 18.5 Å². The molecule has 2 aromatic rings. The van der Waals surface area contributed by atoms with Crippen molar-refractivity contribution in [1.82, 2.24) is 14.9 Å². The molecule has 0 aromatic carbocycles. The Morgan fingerprint density at radius 2 is 2.00 bits per heavy atom. The van der Waals surface area contributed by atoms with Crippen LogP contribution in [0.25, 0.3) is 11.0 Å². The molecule has 0 aliphatic carbocycles. The number of fused-ring (bicyclic) bond motifs is 1. The Hall–Kier alpha value is -1.56. The summed E-state index contributed by atoms with van der Waals surface area (Å²) in [6.45, 7) is 1.82. The fourth-order valence-electron chi connectivity index (χ4n) is 2.90. The van der Waals surface area contributed by atoms with E-state index in [-0.39, 0.29) is 0 Å². The van der Waals surface area contributed by atoms with Gasteiger partial charge in [0.1, 0.15) is 5.65 Å². The molecular formula is C14H16F3N3. The van der Waals surface area contributed by atoms with Gasteiger partial charge in [-0.3, -0.25) is 0 Å². The van der Waals surface area contributed by atoms with Gasteiger partial charge in [-0.25, -0.2) is 4.98 Å². The summed E-state index contributed by atoms with van der Waals surface area (Å²) in [4.78, 5) is 3.99. The fraction of sp³-hybridized carbons (Fsp3) is 0.500. The number of nitrogens with zero attached hydrogens (tertiary/aromatic N) is 2. The second kappa shape index (κ2) is 4.77. The summed E-state index contributed by atoms with van der Waals surface area (Å²) < 4.78 is 40.3. The molecule has 0 unspecified atom stereocenters. The summed E-state index contributed by atoms with van der Waals surface area (Å²) in [5, 5.41) is 3.91. The lowest BCUT2D eigenvalue weighted by molar-refractivity contribution is -0.137. The lowest BCUT2D eigenvalue weighted by atomic mass is 9.90. The van der Waals surface area contributed by atoms with Crippen LogP contribution in [0.3, 0.4) is 0 Å². The van der Waals surface area contributed by atoms with Gasteiger partial charge in [0.05, 0.1) is 5.56 Å². The number of hydrogen-bond donors (Lipinski definition) is 1. The van der Waals surface area contributed by atoms with Crippen LogP contribution in [0.1, 0.15) is 29.9 Å². The maximum Gasteiger partial charge on any atom is 0.417 e. The Morgan fingerprint density at radius 1 is 1.30 bits per heavy atom. The molecule has 0 amide bonds. The molecule has 3 heterocycles. The Balaban J connectivity index is 2.11. The minimum absolute atomic E-state index is 0.310. The van der Waals surface area contributed by atoms with E-state index in [4.69, 9.17) is 0 Å². The van der Waals surface area contributed by atoms with E-state index in [9.17, 15) is 13.2 Å². The van der Waals surface area contributed by atoms with Crippen LogP contribution in [-0.4, -0.2) is 22.6 Å². The Kier molecular flexibility index (Phi) is 3.20. The first-order chi connectivity index (χ1) is 9.47. The van der Waals surface area contributed by atoms with E-state index >= 15 is 0 Å². The largest absolute Gasteiger partial charge is 0.417 e. The van der Waals surface area contributed by atoms with E-state index in [0.29, 0.717) is 17.0 Å². The summed E-state index contributed by atoms with van der Waals surface area (Å²) in [5.41, 5.74) is 0.931. The Bertz CT molecular complexity index is 624. The number of halogens is 3. The van der Waals surface area contributed by atoms with Crippen molar-refractivity contribution in [3.63, 3.8) is 0 Å². The zero-order valence-electron chi connectivity index (χ0n) is 11.2. The molecule has 2 aromatic heterocycles. The van der Waals surface area contributed by atoms with E-state index in [1.807, 2.05) is 17.8 Å². The first-order valence-electron chi connectivity index (χ1n) is 6.69. The maximum atomic E-state index is 12.8. The van der Waals surface area contributed by atoms with Gasteiger partial charge in [0.15, 0.2) is 0 Å². The predicted molar refractivity (Wildman–Crippen MR) is 70.6 cm³/mol. The Labute approximate surface area is 114 Å². The number of pyridine rings is 1. The molecule has 0 spiro atoms. The molecule has 1 N–H and O–H groups in total. The van der Waals surface area contributed by atoms with Crippen molar-refractivity contribution in [3.05, 3.63) is 29.6 Å². The number of alkyl halides is 3. The maximum absolute atomic E-state index is 12.8. The van der Waals surface area contributed by atoms with E-state index in [1.165, 1.54) is 6.07 Å². The first-order valence-corrected chi connectivity index (χ1v) is 6.69. The zero-order chi connectivity index (χ0) is 14.3. The molecule has 1 saturated heterocycles. The van der Waals surface area contributed by atoms with Crippen molar-refractivity contribution < 1.29 is 13.2 Å². The third-order valence-corrected chi connectivity index (χ3v) is 3.95. The number of aryl methyl sites for hydroxylation is 1. The second-order valence-corrected chi connectivity index (χ2v) is 5.31. The average molecular weight is 283 g/mol. The summed E-state index contributed by atoms with van der Waals surface area (Å²) in [6.07, 6.45) is 0.398. The molecule has 108 valence electrons. The van der Waals surface area contributed by atoms with Crippen molar-refractivity contribution in [2.24, 2.45) is 7.05 Å². The lowest BCUT2D eigenvalue weighted by Crippen LogP contribution is -2.26. The molecule has 0 saturated carbocycles. The van der Waals surface area contributed by atoms with Crippen LogP contribution in [0.4, 0.5) is 13.2 Å². The van der Waals surface area contributed by atoms with Crippen LogP contribution in [0, 0.1) is 0 Å². The molecule has 6 heteroatoms. The van der Waals surface area contributed by atoms with Crippen molar-refractivity contribution in [2.45, 2.75) is 24.9 Å². The fourth-order valence-corrected chi connectivity index (χ4v) is 2.90. The molecule has 1 fully saturated rings. The molecule has 3 rings (SSSR count). The van der Waals surface area contributed by atoms with Crippen LogP contribution >= 0.6 is 0 Å². The highest BCUT2D eigenvalue weighted by molar-refractivity contribution is 5.81. The minimum Gasteiger partial charge on any atom is -0.335 e. The van der Waals surface area contributed by atoms with Gasteiger partial charge in [-0.05, 0) is 43.5 Å². The highest BCUT2D eigenvalue weighted by Crippen LogP contribution is 2.35. The van der Waals surface area contributed by atoms with Gasteiger partial charge in [-0.2, -0.15) is 13.2 Å². The number of aromatic nitrogens is 2.